The number of para-hydroxylation sites is 1. The molecule has 110 valence electrons. The number of rotatable bonds is 5. The highest BCUT2D eigenvalue weighted by atomic mass is 16.3. The molecule has 0 bridgehead atoms. The molecule has 0 aliphatic carbocycles. The van der Waals surface area contributed by atoms with Crippen LogP contribution in [0.3, 0.4) is 0 Å². The minimum Gasteiger partial charge on any atom is -0.393 e. The number of aliphatic hydroxyl groups is 1. The van der Waals surface area contributed by atoms with Gasteiger partial charge in [-0.3, -0.25) is 9.59 Å². The molecule has 5 nitrogen and oxygen atoms in total. The number of hydrogen-bond acceptors (Lipinski definition) is 3. The zero-order chi connectivity index (χ0) is 15.2. The molecule has 1 unspecified atom stereocenters. The van der Waals surface area contributed by atoms with Crippen LogP contribution in [0.5, 0.6) is 0 Å². The van der Waals surface area contributed by atoms with Gasteiger partial charge in [-0.05, 0) is 30.9 Å². The molecule has 1 aromatic carbocycles. The third-order valence-electron chi connectivity index (χ3n) is 2.81. The Kier molecular flexibility index (Phi) is 5.70. The highest BCUT2D eigenvalue weighted by Gasteiger charge is 2.23. The fraction of sp³-hybridized carbons (Fsp3) is 0.467. The maximum Gasteiger partial charge on any atom is 0.313 e. The van der Waals surface area contributed by atoms with E-state index in [0.717, 1.165) is 0 Å². The standard InChI is InChI=1S/C15H22N2O3/c1-11(18)9-15(2,3)10-16-13(19)14(20)17-12-7-5-4-6-8-12/h4-8,11,18H,9-10H2,1-3H3,(H,16,19)(H,17,20). The van der Waals surface area contributed by atoms with Crippen molar-refractivity contribution in [1.29, 1.82) is 0 Å². The largest absolute Gasteiger partial charge is 0.393 e. The smallest absolute Gasteiger partial charge is 0.313 e. The Bertz CT molecular complexity index is 455. The Balaban J connectivity index is 2.45. The first-order valence-electron chi connectivity index (χ1n) is 6.62. The Morgan fingerprint density at radius 2 is 1.80 bits per heavy atom. The number of benzene rings is 1. The molecule has 0 spiro atoms. The Labute approximate surface area is 119 Å². The first-order chi connectivity index (χ1) is 9.30. The van der Waals surface area contributed by atoms with Crippen LogP contribution in [0, 0.1) is 5.41 Å². The number of carbonyl (C=O) groups excluding carboxylic acids is 2. The first kappa shape index (κ1) is 16.2. The van der Waals surface area contributed by atoms with E-state index >= 15 is 0 Å². The number of amides is 2. The van der Waals surface area contributed by atoms with Gasteiger partial charge < -0.3 is 15.7 Å². The highest BCUT2D eigenvalue weighted by Crippen LogP contribution is 2.20. The summed E-state index contributed by atoms with van der Waals surface area (Å²) in [5.41, 5.74) is 0.313. The summed E-state index contributed by atoms with van der Waals surface area (Å²) in [6.45, 7) is 5.88. The van der Waals surface area contributed by atoms with Crippen molar-refractivity contribution in [1.82, 2.24) is 5.32 Å². The van der Waals surface area contributed by atoms with Crippen molar-refractivity contribution in [2.24, 2.45) is 5.41 Å². The molecule has 0 radical (unpaired) electrons. The molecule has 0 aromatic heterocycles. The fourth-order valence-electron chi connectivity index (χ4n) is 1.98. The second-order valence-corrected chi connectivity index (χ2v) is 5.72. The predicted octanol–water partition coefficient (Wildman–Crippen LogP) is 1.54. The first-order valence-corrected chi connectivity index (χ1v) is 6.62. The normalized spacial score (nSPS) is 12.6. The Hall–Kier alpha value is -1.88. The van der Waals surface area contributed by atoms with E-state index in [1.807, 2.05) is 19.9 Å². The van der Waals surface area contributed by atoms with Crippen LogP contribution in [-0.2, 0) is 9.59 Å². The third kappa shape index (κ3) is 5.84. The van der Waals surface area contributed by atoms with Crippen molar-refractivity contribution in [3.63, 3.8) is 0 Å². The van der Waals surface area contributed by atoms with Gasteiger partial charge in [-0.1, -0.05) is 32.0 Å². The monoisotopic (exact) mass is 278 g/mol. The maximum absolute atomic E-state index is 11.7. The molecule has 0 aliphatic rings. The van der Waals surface area contributed by atoms with Crippen molar-refractivity contribution < 1.29 is 14.7 Å². The van der Waals surface area contributed by atoms with Gasteiger partial charge in [0, 0.05) is 12.2 Å². The van der Waals surface area contributed by atoms with E-state index in [4.69, 9.17) is 0 Å². The van der Waals surface area contributed by atoms with Gasteiger partial charge in [0.25, 0.3) is 0 Å². The van der Waals surface area contributed by atoms with Crippen LogP contribution in [0.1, 0.15) is 27.2 Å². The van der Waals surface area contributed by atoms with E-state index in [9.17, 15) is 14.7 Å². The van der Waals surface area contributed by atoms with Crippen LogP contribution >= 0.6 is 0 Å². The molecule has 1 rings (SSSR count). The molecule has 0 saturated carbocycles. The summed E-state index contributed by atoms with van der Waals surface area (Å²) in [7, 11) is 0. The minimum absolute atomic E-state index is 0.267. The average Bonchev–Trinajstić information content (AvgIpc) is 2.35. The van der Waals surface area contributed by atoms with Crippen molar-refractivity contribution in [3.8, 4) is 0 Å². The number of nitrogens with one attached hydrogen (secondary N) is 2. The second kappa shape index (κ2) is 7.05. The van der Waals surface area contributed by atoms with E-state index in [0.29, 0.717) is 18.7 Å². The lowest BCUT2D eigenvalue weighted by atomic mass is 9.87. The average molecular weight is 278 g/mol. The molecule has 1 atom stereocenters. The van der Waals surface area contributed by atoms with E-state index in [-0.39, 0.29) is 5.41 Å². The van der Waals surface area contributed by atoms with Gasteiger partial charge in [0.05, 0.1) is 6.10 Å². The molecule has 2 amide bonds. The summed E-state index contributed by atoms with van der Waals surface area (Å²) >= 11 is 0. The van der Waals surface area contributed by atoms with Crippen LogP contribution in [0.25, 0.3) is 0 Å². The number of anilines is 1. The lowest BCUT2D eigenvalue weighted by Gasteiger charge is -2.26. The lowest BCUT2D eigenvalue weighted by Crippen LogP contribution is -2.41. The number of hydrogen-bond donors (Lipinski definition) is 3. The molecule has 5 heteroatoms. The van der Waals surface area contributed by atoms with E-state index in [1.54, 1.807) is 31.2 Å². The number of carbonyl (C=O) groups is 2. The highest BCUT2D eigenvalue weighted by molar-refractivity contribution is 6.39. The molecule has 3 N–H and O–H groups in total. The second-order valence-electron chi connectivity index (χ2n) is 5.72. The summed E-state index contributed by atoms with van der Waals surface area (Å²) < 4.78 is 0. The van der Waals surface area contributed by atoms with Crippen molar-refractivity contribution >= 4 is 17.5 Å². The molecular weight excluding hydrogens is 256 g/mol. The van der Waals surface area contributed by atoms with Crippen LogP contribution in [0.4, 0.5) is 5.69 Å². The van der Waals surface area contributed by atoms with Gasteiger partial charge in [0.1, 0.15) is 0 Å². The topological polar surface area (TPSA) is 78.4 Å². The molecule has 0 aliphatic heterocycles. The van der Waals surface area contributed by atoms with Gasteiger partial charge in [-0.25, -0.2) is 0 Å². The zero-order valence-corrected chi connectivity index (χ0v) is 12.1. The van der Waals surface area contributed by atoms with Gasteiger partial charge in [-0.2, -0.15) is 0 Å². The van der Waals surface area contributed by atoms with Crippen molar-refractivity contribution in [3.05, 3.63) is 30.3 Å². The van der Waals surface area contributed by atoms with Crippen LogP contribution in [0.15, 0.2) is 30.3 Å². The van der Waals surface area contributed by atoms with E-state index in [1.165, 1.54) is 0 Å². The molecule has 0 heterocycles. The maximum atomic E-state index is 11.7. The van der Waals surface area contributed by atoms with E-state index < -0.39 is 17.9 Å². The van der Waals surface area contributed by atoms with Crippen molar-refractivity contribution in [2.45, 2.75) is 33.3 Å². The summed E-state index contributed by atoms with van der Waals surface area (Å²) in [6.07, 6.45) is 0.105. The van der Waals surface area contributed by atoms with Gasteiger partial charge in [0.2, 0.25) is 0 Å². The summed E-state index contributed by atoms with van der Waals surface area (Å²) in [6, 6.07) is 8.80. The minimum atomic E-state index is -0.691. The summed E-state index contributed by atoms with van der Waals surface area (Å²) in [5, 5.41) is 14.5. The van der Waals surface area contributed by atoms with Crippen LogP contribution < -0.4 is 10.6 Å². The fourth-order valence-corrected chi connectivity index (χ4v) is 1.98. The molecule has 20 heavy (non-hydrogen) atoms. The van der Waals surface area contributed by atoms with E-state index in [2.05, 4.69) is 10.6 Å². The molecule has 0 fully saturated rings. The predicted molar refractivity (Wildman–Crippen MR) is 78.2 cm³/mol. The van der Waals surface area contributed by atoms with Gasteiger partial charge in [-0.15, -0.1) is 0 Å². The lowest BCUT2D eigenvalue weighted by molar-refractivity contribution is -0.136. The quantitative estimate of drug-likeness (QED) is 0.715. The Morgan fingerprint density at radius 1 is 1.20 bits per heavy atom. The summed E-state index contributed by atoms with van der Waals surface area (Å²) in [5.74, 6) is -1.36. The molecule has 0 saturated heterocycles. The van der Waals surface area contributed by atoms with Gasteiger partial charge in [0.15, 0.2) is 0 Å². The van der Waals surface area contributed by atoms with Gasteiger partial charge >= 0.3 is 11.8 Å². The third-order valence-corrected chi connectivity index (χ3v) is 2.81. The molecule has 1 aromatic rings. The SMILES string of the molecule is CC(O)CC(C)(C)CNC(=O)C(=O)Nc1ccccc1. The van der Waals surface area contributed by atoms with Crippen LogP contribution in [-0.4, -0.2) is 29.6 Å². The van der Waals surface area contributed by atoms with Crippen molar-refractivity contribution in [2.75, 3.05) is 11.9 Å². The zero-order valence-electron chi connectivity index (χ0n) is 12.1. The van der Waals surface area contributed by atoms with Crippen LogP contribution in [0.2, 0.25) is 0 Å². The molecular formula is C15H22N2O3. The summed E-state index contributed by atoms with van der Waals surface area (Å²) in [4.78, 5) is 23.4. The Morgan fingerprint density at radius 3 is 2.35 bits per heavy atom. The number of aliphatic hydroxyl groups excluding tert-OH is 1.